The third-order valence-electron chi connectivity index (χ3n) is 1.58. The molecule has 0 bridgehead atoms. The zero-order valence-electron chi connectivity index (χ0n) is 6.79. The number of hydrogen-bond donors (Lipinski definition) is 3. The lowest BCUT2D eigenvalue weighted by molar-refractivity contribution is 0.417. The SMILES string of the molecule is COc1cccc(C(=N)N)c1N. The molecule has 5 N–H and O–H groups in total. The van der Waals surface area contributed by atoms with Gasteiger partial charge in [0.05, 0.1) is 12.8 Å². The van der Waals surface area contributed by atoms with E-state index in [1.54, 1.807) is 18.2 Å². The maximum absolute atomic E-state index is 7.19. The lowest BCUT2D eigenvalue weighted by Crippen LogP contribution is -2.13. The van der Waals surface area contributed by atoms with Gasteiger partial charge in [-0.15, -0.1) is 0 Å². The molecule has 1 aromatic carbocycles. The largest absolute Gasteiger partial charge is 0.495 e. The Kier molecular flexibility index (Phi) is 2.19. The smallest absolute Gasteiger partial charge is 0.142 e. The van der Waals surface area contributed by atoms with Crippen LogP contribution in [-0.2, 0) is 0 Å². The van der Waals surface area contributed by atoms with E-state index in [1.165, 1.54) is 7.11 Å². The number of hydrogen-bond acceptors (Lipinski definition) is 3. The molecule has 4 nitrogen and oxygen atoms in total. The number of nitrogens with two attached hydrogens (primary N) is 2. The third kappa shape index (κ3) is 1.32. The average Bonchev–Trinajstić information content (AvgIpc) is 2.04. The zero-order chi connectivity index (χ0) is 9.14. The van der Waals surface area contributed by atoms with Crippen molar-refractivity contribution < 1.29 is 4.74 Å². The first-order valence-corrected chi connectivity index (χ1v) is 3.43. The van der Waals surface area contributed by atoms with Crippen molar-refractivity contribution in [2.24, 2.45) is 5.73 Å². The van der Waals surface area contributed by atoms with Crippen LogP contribution in [0.5, 0.6) is 5.75 Å². The van der Waals surface area contributed by atoms with Gasteiger partial charge in [0.15, 0.2) is 0 Å². The fraction of sp³-hybridized carbons (Fsp3) is 0.125. The van der Waals surface area contributed by atoms with Gasteiger partial charge in [0, 0.05) is 5.56 Å². The summed E-state index contributed by atoms with van der Waals surface area (Å²) in [6, 6.07) is 5.15. The minimum atomic E-state index is -0.0496. The Bertz CT molecular complexity index is 309. The van der Waals surface area contributed by atoms with Gasteiger partial charge in [0.1, 0.15) is 11.6 Å². The van der Waals surface area contributed by atoms with Crippen molar-refractivity contribution in [1.29, 1.82) is 5.41 Å². The Balaban J connectivity index is 3.23. The van der Waals surface area contributed by atoms with Gasteiger partial charge in [-0.25, -0.2) is 0 Å². The third-order valence-corrected chi connectivity index (χ3v) is 1.58. The summed E-state index contributed by atoms with van der Waals surface area (Å²) in [7, 11) is 1.52. The van der Waals surface area contributed by atoms with Crippen LogP contribution in [0.25, 0.3) is 0 Å². The maximum Gasteiger partial charge on any atom is 0.142 e. The fourth-order valence-corrected chi connectivity index (χ4v) is 0.957. The lowest BCUT2D eigenvalue weighted by Gasteiger charge is -2.07. The molecular formula is C8H11N3O. The molecule has 0 radical (unpaired) electrons. The predicted molar refractivity (Wildman–Crippen MR) is 48.4 cm³/mol. The Morgan fingerprint density at radius 2 is 2.17 bits per heavy atom. The summed E-state index contributed by atoms with van der Waals surface area (Å²) in [5, 5.41) is 7.19. The number of nitrogens with one attached hydrogen (secondary N) is 1. The molecule has 1 rings (SSSR count). The number of anilines is 1. The number of ether oxygens (including phenoxy) is 1. The predicted octanol–water partition coefficient (Wildman–Crippen LogP) is 0.561. The zero-order valence-corrected chi connectivity index (χ0v) is 6.79. The first-order chi connectivity index (χ1) is 5.66. The van der Waals surface area contributed by atoms with Gasteiger partial charge < -0.3 is 16.2 Å². The second-order valence-electron chi connectivity index (χ2n) is 2.34. The molecule has 0 aromatic heterocycles. The molecule has 1 aromatic rings. The van der Waals surface area contributed by atoms with E-state index < -0.39 is 0 Å². The first kappa shape index (κ1) is 8.39. The van der Waals surface area contributed by atoms with Crippen LogP contribution in [0, 0.1) is 5.41 Å². The molecule has 0 saturated heterocycles. The van der Waals surface area contributed by atoms with Crippen molar-refractivity contribution >= 4 is 11.5 Å². The van der Waals surface area contributed by atoms with Gasteiger partial charge in [-0.1, -0.05) is 6.07 Å². The van der Waals surface area contributed by atoms with Crippen LogP contribution < -0.4 is 16.2 Å². The van der Waals surface area contributed by atoms with Gasteiger partial charge in [-0.3, -0.25) is 5.41 Å². The summed E-state index contributed by atoms with van der Waals surface area (Å²) in [5.74, 6) is 0.495. The lowest BCUT2D eigenvalue weighted by atomic mass is 10.1. The molecule has 64 valence electrons. The molecule has 0 aliphatic rings. The van der Waals surface area contributed by atoms with Gasteiger partial charge in [-0.2, -0.15) is 0 Å². The molecule has 0 spiro atoms. The van der Waals surface area contributed by atoms with Crippen LogP contribution in [-0.4, -0.2) is 12.9 Å². The molecule has 4 heteroatoms. The van der Waals surface area contributed by atoms with E-state index >= 15 is 0 Å². The minimum Gasteiger partial charge on any atom is -0.495 e. The highest BCUT2D eigenvalue weighted by Crippen LogP contribution is 2.23. The van der Waals surface area contributed by atoms with E-state index in [0.717, 1.165) is 0 Å². The maximum atomic E-state index is 7.19. The number of methoxy groups -OCH3 is 1. The van der Waals surface area contributed by atoms with Crippen molar-refractivity contribution in [3.05, 3.63) is 23.8 Å². The molecule has 12 heavy (non-hydrogen) atoms. The Labute approximate surface area is 70.6 Å². The fourth-order valence-electron chi connectivity index (χ4n) is 0.957. The highest BCUT2D eigenvalue weighted by molar-refractivity contribution is 6.00. The first-order valence-electron chi connectivity index (χ1n) is 3.43. The van der Waals surface area contributed by atoms with Gasteiger partial charge in [-0.05, 0) is 12.1 Å². The van der Waals surface area contributed by atoms with Crippen LogP contribution in [0.3, 0.4) is 0 Å². The quantitative estimate of drug-likeness (QED) is 0.340. The highest BCUT2D eigenvalue weighted by Gasteiger charge is 2.05. The van der Waals surface area contributed by atoms with Crippen molar-refractivity contribution in [2.45, 2.75) is 0 Å². The molecule has 0 heterocycles. The van der Waals surface area contributed by atoms with Crippen molar-refractivity contribution in [2.75, 3.05) is 12.8 Å². The van der Waals surface area contributed by atoms with E-state index in [1.807, 2.05) is 0 Å². The highest BCUT2D eigenvalue weighted by atomic mass is 16.5. The normalized spacial score (nSPS) is 9.42. The number of benzene rings is 1. The summed E-state index contributed by atoms with van der Waals surface area (Å²) in [4.78, 5) is 0. The number of nitrogen functional groups attached to an aromatic ring is 2. The van der Waals surface area contributed by atoms with E-state index in [9.17, 15) is 0 Å². The van der Waals surface area contributed by atoms with Gasteiger partial charge in [0.25, 0.3) is 0 Å². The van der Waals surface area contributed by atoms with E-state index in [0.29, 0.717) is 17.0 Å². The summed E-state index contributed by atoms with van der Waals surface area (Å²) in [6.07, 6.45) is 0. The minimum absolute atomic E-state index is 0.0496. The number of para-hydroxylation sites is 1. The van der Waals surface area contributed by atoms with Gasteiger partial charge in [0.2, 0.25) is 0 Å². The van der Waals surface area contributed by atoms with E-state index in [2.05, 4.69) is 0 Å². The Hall–Kier alpha value is -1.71. The number of amidine groups is 1. The van der Waals surface area contributed by atoms with Crippen LogP contribution in [0.2, 0.25) is 0 Å². The molecule has 0 fully saturated rings. The summed E-state index contributed by atoms with van der Waals surface area (Å²) < 4.78 is 4.96. The van der Waals surface area contributed by atoms with Crippen molar-refractivity contribution in [1.82, 2.24) is 0 Å². The Morgan fingerprint density at radius 1 is 1.50 bits per heavy atom. The summed E-state index contributed by atoms with van der Waals surface area (Å²) >= 11 is 0. The molecule has 0 unspecified atom stereocenters. The van der Waals surface area contributed by atoms with E-state index in [-0.39, 0.29) is 5.84 Å². The van der Waals surface area contributed by atoms with Crippen molar-refractivity contribution in [3.8, 4) is 5.75 Å². The van der Waals surface area contributed by atoms with E-state index in [4.69, 9.17) is 21.6 Å². The second kappa shape index (κ2) is 3.13. The summed E-state index contributed by atoms with van der Waals surface area (Å²) in [5.41, 5.74) is 11.9. The topological polar surface area (TPSA) is 85.1 Å². The van der Waals surface area contributed by atoms with Crippen LogP contribution in [0.1, 0.15) is 5.56 Å². The molecule has 0 atom stereocenters. The van der Waals surface area contributed by atoms with Crippen LogP contribution in [0.4, 0.5) is 5.69 Å². The van der Waals surface area contributed by atoms with Crippen LogP contribution >= 0.6 is 0 Å². The van der Waals surface area contributed by atoms with Gasteiger partial charge >= 0.3 is 0 Å². The average molecular weight is 165 g/mol. The molecule has 0 amide bonds. The second-order valence-corrected chi connectivity index (χ2v) is 2.34. The molecular weight excluding hydrogens is 154 g/mol. The number of rotatable bonds is 2. The molecule has 0 aliphatic heterocycles. The summed E-state index contributed by atoms with van der Waals surface area (Å²) in [6.45, 7) is 0. The molecule has 0 saturated carbocycles. The Morgan fingerprint density at radius 3 is 2.67 bits per heavy atom. The van der Waals surface area contributed by atoms with Crippen LogP contribution in [0.15, 0.2) is 18.2 Å². The standard InChI is InChI=1S/C8H11N3O/c1-12-6-4-2-3-5(7(6)9)8(10)11/h2-4H,9H2,1H3,(H3,10,11). The van der Waals surface area contributed by atoms with Crippen molar-refractivity contribution in [3.63, 3.8) is 0 Å². The monoisotopic (exact) mass is 165 g/mol. The molecule has 0 aliphatic carbocycles.